The molecule has 94 valence electrons. The molecule has 2 rings (SSSR count). The lowest BCUT2D eigenvalue weighted by molar-refractivity contribution is 0.282. The van der Waals surface area contributed by atoms with Crippen LogP contribution in [0.15, 0.2) is 30.5 Å². The van der Waals surface area contributed by atoms with Gasteiger partial charge in [0.1, 0.15) is 5.82 Å². The minimum atomic E-state index is 0.0795. The molecule has 1 aromatic carbocycles. The predicted molar refractivity (Wildman–Crippen MR) is 71.2 cm³/mol. The second-order valence-corrected chi connectivity index (χ2v) is 4.27. The van der Waals surface area contributed by atoms with E-state index in [1.165, 1.54) is 0 Å². The highest BCUT2D eigenvalue weighted by Gasteiger charge is 2.01. The normalized spacial score (nSPS) is 10.4. The fourth-order valence-corrected chi connectivity index (χ4v) is 1.65. The first-order chi connectivity index (χ1) is 8.69. The van der Waals surface area contributed by atoms with Crippen molar-refractivity contribution >= 4 is 5.82 Å². The summed E-state index contributed by atoms with van der Waals surface area (Å²) < 4.78 is 0. The summed E-state index contributed by atoms with van der Waals surface area (Å²) in [7, 11) is 0. The van der Waals surface area contributed by atoms with Crippen LogP contribution in [-0.4, -0.2) is 15.1 Å². The number of benzene rings is 1. The summed E-state index contributed by atoms with van der Waals surface area (Å²) in [5.74, 6) is 0.821. The van der Waals surface area contributed by atoms with E-state index in [1.54, 1.807) is 6.20 Å². The molecule has 0 atom stereocenters. The average Bonchev–Trinajstić information content (AvgIpc) is 2.40. The van der Waals surface area contributed by atoms with Crippen LogP contribution in [0.4, 0.5) is 5.82 Å². The minimum absolute atomic E-state index is 0.0795. The van der Waals surface area contributed by atoms with E-state index in [-0.39, 0.29) is 6.61 Å². The zero-order chi connectivity index (χ0) is 13.0. The third-order valence-electron chi connectivity index (χ3n) is 2.74. The first-order valence-corrected chi connectivity index (χ1v) is 5.92. The molecule has 0 unspecified atom stereocenters. The van der Waals surface area contributed by atoms with Crippen LogP contribution in [0.5, 0.6) is 0 Å². The maximum absolute atomic E-state index is 8.97. The molecule has 0 spiro atoms. The highest BCUT2D eigenvalue weighted by atomic mass is 16.3. The van der Waals surface area contributed by atoms with E-state index in [2.05, 4.69) is 15.3 Å². The molecular formula is C14H17N3O. The predicted octanol–water partition coefficient (Wildman–Crippen LogP) is 2.20. The van der Waals surface area contributed by atoms with Crippen molar-refractivity contribution < 1.29 is 5.11 Å². The van der Waals surface area contributed by atoms with Gasteiger partial charge in [-0.05, 0) is 25.0 Å². The number of hydrogen-bond donors (Lipinski definition) is 2. The van der Waals surface area contributed by atoms with Gasteiger partial charge in [0, 0.05) is 12.7 Å². The van der Waals surface area contributed by atoms with Crippen LogP contribution in [0.3, 0.4) is 0 Å². The van der Waals surface area contributed by atoms with E-state index in [1.807, 2.05) is 38.1 Å². The Kier molecular flexibility index (Phi) is 3.89. The highest BCUT2D eigenvalue weighted by Crippen LogP contribution is 2.11. The van der Waals surface area contributed by atoms with E-state index < -0.39 is 0 Å². The van der Waals surface area contributed by atoms with Crippen molar-refractivity contribution in [3.63, 3.8) is 0 Å². The number of rotatable bonds is 4. The number of aromatic nitrogens is 2. The molecule has 1 aromatic heterocycles. The summed E-state index contributed by atoms with van der Waals surface area (Å²) in [5.41, 5.74) is 3.87. The van der Waals surface area contributed by atoms with Crippen LogP contribution in [0, 0.1) is 13.8 Å². The molecule has 0 aliphatic heterocycles. The second kappa shape index (κ2) is 5.60. The summed E-state index contributed by atoms with van der Waals surface area (Å²) in [6.45, 7) is 4.64. The van der Waals surface area contributed by atoms with Crippen molar-refractivity contribution in [3.8, 4) is 0 Å². The largest absolute Gasteiger partial charge is 0.392 e. The van der Waals surface area contributed by atoms with Crippen molar-refractivity contribution in [2.75, 3.05) is 5.32 Å². The Labute approximate surface area is 107 Å². The lowest BCUT2D eigenvalue weighted by Crippen LogP contribution is -2.05. The van der Waals surface area contributed by atoms with Gasteiger partial charge in [0.05, 0.1) is 18.0 Å². The maximum Gasteiger partial charge on any atom is 0.148 e. The van der Waals surface area contributed by atoms with Crippen LogP contribution < -0.4 is 5.32 Å². The molecule has 2 N–H and O–H groups in total. The topological polar surface area (TPSA) is 58.0 Å². The Morgan fingerprint density at radius 2 is 1.78 bits per heavy atom. The Hall–Kier alpha value is -1.94. The zero-order valence-electron chi connectivity index (χ0n) is 10.6. The lowest BCUT2D eigenvalue weighted by Gasteiger charge is -2.09. The van der Waals surface area contributed by atoms with E-state index in [9.17, 15) is 0 Å². The number of aryl methyl sites for hydroxylation is 2. The summed E-state index contributed by atoms with van der Waals surface area (Å²) in [6.07, 6.45) is 1.76. The van der Waals surface area contributed by atoms with Gasteiger partial charge in [-0.2, -0.15) is 0 Å². The molecule has 0 fully saturated rings. The second-order valence-electron chi connectivity index (χ2n) is 4.27. The number of aliphatic hydroxyl groups excluding tert-OH is 1. The van der Waals surface area contributed by atoms with Gasteiger partial charge in [0.25, 0.3) is 0 Å². The van der Waals surface area contributed by atoms with Gasteiger partial charge in [0.15, 0.2) is 0 Å². The number of nitrogens with zero attached hydrogens (tertiary/aromatic N) is 2. The lowest BCUT2D eigenvalue weighted by atomic mass is 10.1. The summed E-state index contributed by atoms with van der Waals surface area (Å²) in [4.78, 5) is 8.67. The molecule has 0 aliphatic carbocycles. The van der Waals surface area contributed by atoms with Crippen molar-refractivity contribution in [1.82, 2.24) is 9.97 Å². The third kappa shape index (κ3) is 3.05. The third-order valence-corrected chi connectivity index (χ3v) is 2.74. The Morgan fingerprint density at radius 1 is 1.11 bits per heavy atom. The number of anilines is 1. The average molecular weight is 243 g/mol. The van der Waals surface area contributed by atoms with Crippen LogP contribution in [-0.2, 0) is 13.2 Å². The monoisotopic (exact) mass is 243 g/mol. The summed E-state index contributed by atoms with van der Waals surface area (Å²) in [5, 5.41) is 12.2. The van der Waals surface area contributed by atoms with Gasteiger partial charge in [-0.15, -0.1) is 0 Å². The van der Waals surface area contributed by atoms with E-state index in [4.69, 9.17) is 5.11 Å². The fraction of sp³-hybridized carbons (Fsp3) is 0.286. The molecular weight excluding hydrogens is 226 g/mol. The molecule has 1 heterocycles. The molecule has 0 saturated carbocycles. The molecule has 4 heteroatoms. The van der Waals surface area contributed by atoms with Crippen LogP contribution in [0.2, 0.25) is 0 Å². The first-order valence-electron chi connectivity index (χ1n) is 5.92. The van der Waals surface area contributed by atoms with Gasteiger partial charge in [0.2, 0.25) is 0 Å². The number of hydrogen-bond acceptors (Lipinski definition) is 4. The van der Waals surface area contributed by atoms with Gasteiger partial charge in [-0.25, -0.2) is 4.98 Å². The standard InChI is InChI=1S/C14H17N3O/c1-10-7-15-11(2)14(17-10)16-8-12-3-5-13(9-18)6-4-12/h3-7,18H,8-9H2,1-2H3,(H,16,17). The van der Waals surface area contributed by atoms with Gasteiger partial charge >= 0.3 is 0 Å². The molecule has 18 heavy (non-hydrogen) atoms. The van der Waals surface area contributed by atoms with E-state index in [0.29, 0.717) is 6.54 Å². The summed E-state index contributed by atoms with van der Waals surface area (Å²) in [6, 6.07) is 7.84. The molecule has 0 radical (unpaired) electrons. The van der Waals surface area contributed by atoms with E-state index >= 15 is 0 Å². The van der Waals surface area contributed by atoms with Crippen molar-refractivity contribution in [3.05, 3.63) is 53.0 Å². The Balaban J connectivity index is 2.04. The maximum atomic E-state index is 8.97. The van der Waals surface area contributed by atoms with Crippen molar-refractivity contribution in [1.29, 1.82) is 0 Å². The molecule has 2 aromatic rings. The van der Waals surface area contributed by atoms with Crippen molar-refractivity contribution in [2.45, 2.75) is 27.0 Å². The zero-order valence-corrected chi connectivity index (χ0v) is 10.6. The Morgan fingerprint density at radius 3 is 2.44 bits per heavy atom. The highest BCUT2D eigenvalue weighted by molar-refractivity contribution is 5.40. The minimum Gasteiger partial charge on any atom is -0.392 e. The first kappa shape index (κ1) is 12.5. The number of aliphatic hydroxyl groups is 1. The van der Waals surface area contributed by atoms with Crippen LogP contribution >= 0.6 is 0 Å². The number of nitrogens with one attached hydrogen (secondary N) is 1. The molecule has 0 saturated heterocycles. The fourth-order valence-electron chi connectivity index (χ4n) is 1.65. The molecule has 0 amide bonds. The summed E-state index contributed by atoms with van der Waals surface area (Å²) >= 11 is 0. The quantitative estimate of drug-likeness (QED) is 0.864. The van der Waals surface area contributed by atoms with E-state index in [0.717, 1.165) is 28.3 Å². The van der Waals surface area contributed by atoms with Crippen LogP contribution in [0.25, 0.3) is 0 Å². The Bertz CT molecular complexity index is 523. The smallest absolute Gasteiger partial charge is 0.148 e. The molecule has 0 bridgehead atoms. The molecule has 0 aliphatic rings. The SMILES string of the molecule is Cc1cnc(C)c(NCc2ccc(CO)cc2)n1. The van der Waals surface area contributed by atoms with Gasteiger partial charge in [-0.1, -0.05) is 24.3 Å². The molecule has 4 nitrogen and oxygen atoms in total. The van der Waals surface area contributed by atoms with Gasteiger partial charge in [-0.3, -0.25) is 4.98 Å². The van der Waals surface area contributed by atoms with Crippen LogP contribution in [0.1, 0.15) is 22.5 Å². The van der Waals surface area contributed by atoms with Gasteiger partial charge < -0.3 is 10.4 Å². The van der Waals surface area contributed by atoms with Crippen molar-refractivity contribution in [2.24, 2.45) is 0 Å².